The summed E-state index contributed by atoms with van der Waals surface area (Å²) in [5, 5.41) is 10.7. The third-order valence-electron chi connectivity index (χ3n) is 2.93. The Bertz CT molecular complexity index is 791. The molecule has 0 radical (unpaired) electrons. The first-order valence-corrected chi connectivity index (χ1v) is 6.10. The van der Waals surface area contributed by atoms with Crippen LogP contribution < -0.4 is 0 Å². The van der Waals surface area contributed by atoms with Crippen LogP contribution in [0.1, 0.15) is 11.4 Å². The van der Waals surface area contributed by atoms with Crippen molar-refractivity contribution in [3.63, 3.8) is 0 Å². The quantitative estimate of drug-likeness (QED) is 0.580. The zero-order valence-corrected chi connectivity index (χ0v) is 10.5. The number of aromatic nitrogens is 2. The van der Waals surface area contributed by atoms with E-state index in [1.165, 1.54) is 12.1 Å². The highest BCUT2D eigenvalue weighted by atomic mass is 16.6. The molecule has 5 heteroatoms. The van der Waals surface area contributed by atoms with Gasteiger partial charge in [-0.1, -0.05) is 36.4 Å². The number of nitro benzene ring substituents is 1. The number of nitrogens with zero attached hydrogens (tertiary/aromatic N) is 2. The molecular formula is C15H11N3O2. The summed E-state index contributed by atoms with van der Waals surface area (Å²) < 4.78 is 0. The van der Waals surface area contributed by atoms with Gasteiger partial charge >= 0.3 is 0 Å². The lowest BCUT2D eigenvalue weighted by Gasteiger charge is -1.90. The summed E-state index contributed by atoms with van der Waals surface area (Å²) in [5.74, 6) is 0.671. The van der Waals surface area contributed by atoms with Crippen LogP contribution in [0.3, 0.4) is 0 Å². The van der Waals surface area contributed by atoms with Gasteiger partial charge < -0.3 is 4.98 Å². The normalized spacial score (nSPS) is 11.2. The van der Waals surface area contributed by atoms with E-state index in [0.29, 0.717) is 16.9 Å². The minimum atomic E-state index is -0.417. The van der Waals surface area contributed by atoms with E-state index in [4.69, 9.17) is 0 Å². The number of aromatic amines is 1. The number of rotatable bonds is 3. The number of hydrogen-bond donors (Lipinski definition) is 1. The number of H-pyrrole nitrogens is 1. The molecule has 0 saturated carbocycles. The van der Waals surface area contributed by atoms with Gasteiger partial charge in [-0.15, -0.1) is 0 Å². The molecule has 1 heterocycles. The number of hydrogen-bond acceptors (Lipinski definition) is 3. The fraction of sp³-hybridized carbons (Fsp3) is 0. The fourth-order valence-corrected chi connectivity index (χ4v) is 1.95. The summed E-state index contributed by atoms with van der Waals surface area (Å²) in [6, 6.07) is 14.4. The minimum absolute atomic E-state index is 0.0553. The molecule has 5 nitrogen and oxygen atoms in total. The van der Waals surface area contributed by atoms with Gasteiger partial charge in [-0.2, -0.15) is 0 Å². The standard InChI is InChI=1S/C15H11N3O2/c19-18(20)12-7-8-13-14(10-12)17-15(16-13)9-6-11-4-2-1-3-5-11/h1-10H,(H,16,17)/b9-6+. The van der Waals surface area contributed by atoms with E-state index in [1.807, 2.05) is 42.5 Å². The molecule has 0 amide bonds. The fourth-order valence-electron chi connectivity index (χ4n) is 1.95. The smallest absolute Gasteiger partial charge is 0.271 e. The third-order valence-corrected chi connectivity index (χ3v) is 2.93. The van der Waals surface area contributed by atoms with E-state index < -0.39 is 4.92 Å². The first-order valence-electron chi connectivity index (χ1n) is 6.10. The Morgan fingerprint density at radius 3 is 2.65 bits per heavy atom. The Morgan fingerprint density at radius 1 is 1.10 bits per heavy atom. The van der Waals surface area contributed by atoms with Crippen LogP contribution in [-0.2, 0) is 0 Å². The lowest BCUT2D eigenvalue weighted by Crippen LogP contribution is -1.86. The van der Waals surface area contributed by atoms with E-state index in [9.17, 15) is 10.1 Å². The van der Waals surface area contributed by atoms with Gasteiger partial charge in [0.1, 0.15) is 5.82 Å². The van der Waals surface area contributed by atoms with Crippen molar-refractivity contribution in [3.05, 3.63) is 70.0 Å². The molecule has 0 aliphatic heterocycles. The highest BCUT2D eigenvalue weighted by molar-refractivity contribution is 5.80. The van der Waals surface area contributed by atoms with Crippen LogP contribution in [0.5, 0.6) is 0 Å². The van der Waals surface area contributed by atoms with E-state index in [2.05, 4.69) is 9.97 Å². The van der Waals surface area contributed by atoms with Gasteiger partial charge in [0.05, 0.1) is 16.0 Å². The predicted octanol–water partition coefficient (Wildman–Crippen LogP) is 3.64. The third kappa shape index (κ3) is 2.42. The topological polar surface area (TPSA) is 71.8 Å². The van der Waals surface area contributed by atoms with Crippen molar-refractivity contribution >= 4 is 28.9 Å². The molecule has 1 aromatic heterocycles. The number of benzene rings is 2. The Balaban J connectivity index is 1.93. The maximum Gasteiger partial charge on any atom is 0.271 e. The predicted molar refractivity (Wildman–Crippen MR) is 78.1 cm³/mol. The van der Waals surface area contributed by atoms with Crippen LogP contribution >= 0.6 is 0 Å². The molecular weight excluding hydrogens is 254 g/mol. The van der Waals surface area contributed by atoms with Crippen molar-refractivity contribution in [3.8, 4) is 0 Å². The molecule has 3 rings (SSSR count). The van der Waals surface area contributed by atoms with Crippen molar-refractivity contribution in [1.82, 2.24) is 9.97 Å². The van der Waals surface area contributed by atoms with Crippen LogP contribution in [0.25, 0.3) is 23.2 Å². The maximum atomic E-state index is 10.7. The highest BCUT2D eigenvalue weighted by Crippen LogP contribution is 2.19. The Labute approximate surface area is 114 Å². The van der Waals surface area contributed by atoms with Gasteiger partial charge in [-0.05, 0) is 17.7 Å². The Morgan fingerprint density at radius 2 is 1.90 bits per heavy atom. The molecule has 20 heavy (non-hydrogen) atoms. The minimum Gasteiger partial charge on any atom is -0.338 e. The van der Waals surface area contributed by atoms with Crippen molar-refractivity contribution in [2.45, 2.75) is 0 Å². The van der Waals surface area contributed by atoms with Gasteiger partial charge in [0.2, 0.25) is 0 Å². The van der Waals surface area contributed by atoms with Gasteiger partial charge in [-0.3, -0.25) is 10.1 Å². The zero-order valence-electron chi connectivity index (χ0n) is 10.5. The molecule has 0 bridgehead atoms. The Hall–Kier alpha value is -2.95. The summed E-state index contributed by atoms with van der Waals surface area (Å²) in [5.41, 5.74) is 2.49. The van der Waals surface area contributed by atoms with Crippen molar-refractivity contribution in [2.75, 3.05) is 0 Å². The van der Waals surface area contributed by atoms with Gasteiger partial charge in [0.15, 0.2) is 0 Å². The summed E-state index contributed by atoms with van der Waals surface area (Å²) in [6.45, 7) is 0. The van der Waals surface area contributed by atoms with E-state index in [0.717, 1.165) is 5.56 Å². The summed E-state index contributed by atoms with van der Waals surface area (Å²) in [7, 11) is 0. The van der Waals surface area contributed by atoms with Gasteiger partial charge in [-0.25, -0.2) is 4.98 Å². The summed E-state index contributed by atoms with van der Waals surface area (Å²) >= 11 is 0. The second-order valence-electron chi connectivity index (χ2n) is 4.32. The molecule has 0 unspecified atom stereocenters. The van der Waals surface area contributed by atoms with Crippen molar-refractivity contribution in [1.29, 1.82) is 0 Å². The van der Waals surface area contributed by atoms with Gasteiger partial charge in [0.25, 0.3) is 5.69 Å². The van der Waals surface area contributed by atoms with Crippen LogP contribution in [0.15, 0.2) is 48.5 Å². The summed E-state index contributed by atoms with van der Waals surface area (Å²) in [6.07, 6.45) is 3.79. The summed E-state index contributed by atoms with van der Waals surface area (Å²) in [4.78, 5) is 17.7. The molecule has 0 aliphatic rings. The van der Waals surface area contributed by atoms with Crippen molar-refractivity contribution < 1.29 is 4.92 Å². The second kappa shape index (κ2) is 4.97. The van der Waals surface area contributed by atoms with Crippen LogP contribution in [0, 0.1) is 10.1 Å². The number of imidazole rings is 1. The first kappa shape index (κ1) is 12.1. The molecule has 0 fully saturated rings. The Kier molecular flexibility index (Phi) is 3.01. The average molecular weight is 265 g/mol. The zero-order chi connectivity index (χ0) is 13.9. The van der Waals surface area contributed by atoms with E-state index in [1.54, 1.807) is 6.07 Å². The SMILES string of the molecule is O=[N+]([O-])c1ccc2nc(/C=C/c3ccccc3)[nH]c2c1. The van der Waals surface area contributed by atoms with Crippen molar-refractivity contribution in [2.24, 2.45) is 0 Å². The average Bonchev–Trinajstić information content (AvgIpc) is 2.88. The molecule has 0 saturated heterocycles. The molecule has 3 aromatic rings. The second-order valence-corrected chi connectivity index (χ2v) is 4.32. The van der Waals surface area contributed by atoms with Crippen LogP contribution in [0.4, 0.5) is 5.69 Å². The largest absolute Gasteiger partial charge is 0.338 e. The molecule has 0 atom stereocenters. The van der Waals surface area contributed by atoms with Gasteiger partial charge in [0, 0.05) is 12.1 Å². The maximum absolute atomic E-state index is 10.7. The number of nitrogens with one attached hydrogen (secondary N) is 1. The highest BCUT2D eigenvalue weighted by Gasteiger charge is 2.08. The first-order chi connectivity index (χ1) is 9.72. The molecule has 0 spiro atoms. The molecule has 1 N–H and O–H groups in total. The molecule has 98 valence electrons. The number of non-ortho nitro benzene ring substituents is 1. The lowest BCUT2D eigenvalue weighted by atomic mass is 10.2. The van der Waals surface area contributed by atoms with E-state index >= 15 is 0 Å². The number of fused-ring (bicyclic) bond motifs is 1. The molecule has 0 aliphatic carbocycles. The number of nitro groups is 1. The van der Waals surface area contributed by atoms with E-state index in [-0.39, 0.29) is 5.69 Å². The molecule has 2 aromatic carbocycles. The lowest BCUT2D eigenvalue weighted by molar-refractivity contribution is -0.384. The van der Waals surface area contributed by atoms with Crippen LogP contribution in [-0.4, -0.2) is 14.9 Å². The van der Waals surface area contributed by atoms with Crippen LogP contribution in [0.2, 0.25) is 0 Å². The monoisotopic (exact) mass is 265 g/mol.